The number of aromatic nitrogens is 2. The molecule has 29 heavy (non-hydrogen) atoms. The summed E-state index contributed by atoms with van der Waals surface area (Å²) >= 11 is 0. The zero-order valence-electron chi connectivity index (χ0n) is 16.6. The number of phosphoric ester groups is 1. The molecule has 0 aliphatic carbocycles. The highest BCUT2D eigenvalue weighted by Crippen LogP contribution is 2.59. The molecule has 4 heterocycles. The second kappa shape index (κ2) is 7.21. The predicted octanol–water partition coefficient (Wildman–Crippen LogP) is 2.05. The number of nitrogens with one attached hydrogen (secondary N) is 1. The first-order valence-electron chi connectivity index (χ1n) is 9.41. The van der Waals surface area contributed by atoms with Crippen molar-refractivity contribution in [3.8, 4) is 5.88 Å². The highest BCUT2D eigenvalue weighted by Gasteiger charge is 2.63. The fraction of sp³-hybridized carbons (Fsp3) is 0.750. The molecule has 11 nitrogen and oxygen atoms in total. The Labute approximate surface area is 167 Å². The van der Waals surface area contributed by atoms with E-state index in [2.05, 4.69) is 15.3 Å². The summed E-state index contributed by atoms with van der Waals surface area (Å²) in [6.45, 7) is 6.98. The molecular weight excluding hydrogens is 408 g/mol. The van der Waals surface area contributed by atoms with Crippen molar-refractivity contribution >= 4 is 25.3 Å². The Morgan fingerprint density at radius 2 is 2.24 bits per heavy atom. The van der Waals surface area contributed by atoms with Crippen molar-refractivity contribution in [2.75, 3.05) is 35.8 Å². The molecule has 3 aliphatic rings. The topological polar surface area (TPSA) is 130 Å². The molecule has 0 aromatic carbocycles. The van der Waals surface area contributed by atoms with Crippen molar-refractivity contribution in [2.24, 2.45) is 0 Å². The van der Waals surface area contributed by atoms with E-state index in [1.54, 1.807) is 18.7 Å². The summed E-state index contributed by atoms with van der Waals surface area (Å²) in [5.41, 5.74) is 4.26. The van der Waals surface area contributed by atoms with E-state index in [-0.39, 0.29) is 25.1 Å². The fourth-order valence-corrected chi connectivity index (χ4v) is 5.32. The minimum absolute atomic E-state index is 0.00806. The number of anilines is 3. The lowest BCUT2D eigenvalue weighted by Crippen LogP contribution is -2.51. The van der Waals surface area contributed by atoms with Crippen LogP contribution in [-0.2, 0) is 22.9 Å². The number of nitrogens with two attached hydrogens (primary N) is 1. The summed E-state index contributed by atoms with van der Waals surface area (Å²) in [6, 6.07) is 0. The lowest BCUT2D eigenvalue weighted by atomic mass is 9.98. The van der Waals surface area contributed by atoms with Crippen molar-refractivity contribution < 1.29 is 32.0 Å². The van der Waals surface area contributed by atoms with Crippen molar-refractivity contribution in [1.29, 1.82) is 0 Å². The van der Waals surface area contributed by atoms with Gasteiger partial charge in [-0.2, -0.15) is 9.97 Å². The minimum atomic E-state index is -3.89. The molecule has 0 saturated carbocycles. The molecule has 4 rings (SSSR count). The molecule has 0 bridgehead atoms. The number of nitrogen functional groups attached to an aromatic ring is 1. The highest BCUT2D eigenvalue weighted by atomic mass is 31.2. The van der Waals surface area contributed by atoms with Gasteiger partial charge in [0.25, 0.3) is 0 Å². The van der Waals surface area contributed by atoms with Gasteiger partial charge in [0.05, 0.1) is 26.0 Å². The predicted molar refractivity (Wildman–Crippen MR) is 101 cm³/mol. The first-order valence-corrected chi connectivity index (χ1v) is 10.9. The number of ether oxygens (including phenoxy) is 2. The number of alkyl halides is 1. The molecule has 0 amide bonds. The van der Waals surface area contributed by atoms with Crippen LogP contribution in [-0.4, -0.2) is 60.1 Å². The van der Waals surface area contributed by atoms with Crippen LogP contribution in [0.3, 0.4) is 0 Å². The number of fused-ring (bicyclic) bond motifs is 2. The van der Waals surface area contributed by atoms with Crippen molar-refractivity contribution in [1.82, 2.24) is 9.97 Å². The van der Waals surface area contributed by atoms with Gasteiger partial charge in [0.2, 0.25) is 11.8 Å². The highest BCUT2D eigenvalue weighted by molar-refractivity contribution is 7.48. The van der Waals surface area contributed by atoms with Crippen LogP contribution in [0, 0.1) is 0 Å². The van der Waals surface area contributed by atoms with E-state index in [4.69, 9.17) is 28.8 Å². The Kier molecular flexibility index (Phi) is 5.11. The summed E-state index contributed by atoms with van der Waals surface area (Å²) < 4.78 is 56.0. The van der Waals surface area contributed by atoms with Gasteiger partial charge in [-0.15, -0.1) is 0 Å². The molecule has 0 spiro atoms. The SMILES string of the molecule is CCOc1nc(N)nc2c1NCN2[C@@H]1O[C@@H]2CO[P@@](=O)(OC(C)C)O[C@H]2[C@@]1(C)F. The van der Waals surface area contributed by atoms with Crippen molar-refractivity contribution in [3.05, 3.63) is 0 Å². The van der Waals surface area contributed by atoms with Crippen LogP contribution in [0.25, 0.3) is 0 Å². The van der Waals surface area contributed by atoms with E-state index < -0.39 is 38.0 Å². The third-order valence-corrected chi connectivity index (χ3v) is 6.43. The summed E-state index contributed by atoms with van der Waals surface area (Å²) in [6.07, 6.45) is -3.40. The Balaban J connectivity index is 1.62. The summed E-state index contributed by atoms with van der Waals surface area (Å²) in [5, 5.41) is 3.09. The molecule has 13 heteroatoms. The number of rotatable bonds is 5. The Hall–Kier alpha value is -1.72. The van der Waals surface area contributed by atoms with Crippen molar-refractivity contribution in [3.63, 3.8) is 0 Å². The standard InChI is InChI=1S/C16H25FN5O6P/c1-5-24-13-10-12(20-15(18)21-13)22(7-19-10)14-16(4,17)11-9(26-14)6-25-29(23,28-11)27-8(2)3/h8-9,11,14,19H,5-7H2,1-4H3,(H2,18,20,21)/t9-,11-,14-,16-,29+/m1/s1. The van der Waals surface area contributed by atoms with Gasteiger partial charge in [0.15, 0.2) is 17.7 Å². The lowest BCUT2D eigenvalue weighted by Gasteiger charge is -2.35. The quantitative estimate of drug-likeness (QED) is 0.662. The monoisotopic (exact) mass is 433 g/mol. The summed E-state index contributed by atoms with van der Waals surface area (Å²) in [5.74, 6) is 0.630. The van der Waals surface area contributed by atoms with Crippen LogP contribution in [0.15, 0.2) is 0 Å². The van der Waals surface area contributed by atoms with E-state index >= 15 is 4.39 Å². The minimum Gasteiger partial charge on any atom is -0.476 e. The molecule has 2 saturated heterocycles. The maximum atomic E-state index is 15.9. The van der Waals surface area contributed by atoms with E-state index in [0.29, 0.717) is 18.1 Å². The first kappa shape index (κ1) is 20.5. The first-order chi connectivity index (χ1) is 13.6. The molecule has 3 N–H and O–H groups in total. The van der Waals surface area contributed by atoms with Gasteiger partial charge >= 0.3 is 7.82 Å². The number of halogens is 1. The zero-order chi connectivity index (χ0) is 21.0. The Morgan fingerprint density at radius 1 is 1.48 bits per heavy atom. The third kappa shape index (κ3) is 3.53. The van der Waals surface area contributed by atoms with Gasteiger partial charge in [-0.05, 0) is 27.7 Å². The van der Waals surface area contributed by atoms with Crippen LogP contribution in [0.5, 0.6) is 5.88 Å². The number of hydrogen-bond donors (Lipinski definition) is 2. The number of hydrogen-bond acceptors (Lipinski definition) is 11. The van der Waals surface area contributed by atoms with Crippen LogP contribution in [0.2, 0.25) is 0 Å². The molecule has 1 aromatic rings. The van der Waals surface area contributed by atoms with Crippen LogP contribution < -0.4 is 20.7 Å². The Morgan fingerprint density at radius 3 is 2.93 bits per heavy atom. The molecular formula is C16H25FN5O6P. The average molecular weight is 433 g/mol. The smallest absolute Gasteiger partial charge is 0.475 e. The van der Waals surface area contributed by atoms with Gasteiger partial charge in [-0.1, -0.05) is 0 Å². The Bertz CT molecular complexity index is 842. The van der Waals surface area contributed by atoms with E-state index in [1.807, 2.05) is 6.92 Å². The number of phosphoric acid groups is 1. The van der Waals surface area contributed by atoms with Crippen molar-refractivity contribution in [2.45, 2.75) is 57.9 Å². The van der Waals surface area contributed by atoms with E-state index in [1.165, 1.54) is 6.92 Å². The van der Waals surface area contributed by atoms with Gasteiger partial charge in [0, 0.05) is 0 Å². The second-order valence-corrected chi connectivity index (χ2v) is 9.00. The van der Waals surface area contributed by atoms with E-state index in [0.717, 1.165) is 0 Å². The van der Waals surface area contributed by atoms with Gasteiger partial charge in [-0.25, -0.2) is 8.96 Å². The van der Waals surface area contributed by atoms with Crippen LogP contribution in [0.1, 0.15) is 27.7 Å². The summed E-state index contributed by atoms with van der Waals surface area (Å²) in [7, 11) is -3.89. The molecule has 0 radical (unpaired) electrons. The molecule has 1 aromatic heterocycles. The van der Waals surface area contributed by atoms with Crippen LogP contribution >= 0.6 is 7.82 Å². The lowest BCUT2D eigenvalue weighted by molar-refractivity contribution is -0.0660. The average Bonchev–Trinajstić information content (AvgIpc) is 3.13. The number of nitrogens with zero attached hydrogens (tertiary/aromatic N) is 3. The molecule has 162 valence electrons. The maximum absolute atomic E-state index is 15.9. The molecule has 5 atom stereocenters. The van der Waals surface area contributed by atoms with E-state index in [9.17, 15) is 4.57 Å². The molecule has 3 aliphatic heterocycles. The van der Waals surface area contributed by atoms with Gasteiger partial charge in [-0.3, -0.25) is 13.6 Å². The third-order valence-electron chi connectivity index (χ3n) is 4.80. The zero-order valence-corrected chi connectivity index (χ0v) is 17.5. The normalized spacial score (nSPS) is 36.1. The van der Waals surface area contributed by atoms with Crippen LogP contribution in [0.4, 0.5) is 21.8 Å². The molecule has 0 unspecified atom stereocenters. The van der Waals surface area contributed by atoms with Gasteiger partial charge in [0.1, 0.15) is 17.9 Å². The second-order valence-electron chi connectivity index (χ2n) is 7.42. The fourth-order valence-electron chi connectivity index (χ4n) is 3.68. The maximum Gasteiger partial charge on any atom is 0.475 e. The molecule has 2 fully saturated rings. The van der Waals surface area contributed by atoms with Gasteiger partial charge < -0.3 is 25.4 Å². The largest absolute Gasteiger partial charge is 0.476 e. The summed E-state index contributed by atoms with van der Waals surface area (Å²) in [4.78, 5) is 9.87.